The normalized spacial score (nSPS) is 11.5. The van der Waals surface area contributed by atoms with Gasteiger partial charge in [-0.15, -0.1) is 0 Å². The Bertz CT molecular complexity index is 292. The maximum absolute atomic E-state index is 12.8. The molecule has 4 heteroatoms. The quantitative estimate of drug-likeness (QED) is 0.576. The average molecular weight is 279 g/mol. The highest BCUT2D eigenvalue weighted by Gasteiger charge is 2.26. The van der Waals surface area contributed by atoms with Crippen LogP contribution in [0.3, 0.4) is 0 Å². The van der Waals surface area contributed by atoms with E-state index in [9.17, 15) is 8.78 Å². The molecule has 0 spiro atoms. The predicted octanol–water partition coefficient (Wildman–Crippen LogP) is 4.31. The summed E-state index contributed by atoms with van der Waals surface area (Å²) in [6.07, 6.45) is 2.02. The van der Waals surface area contributed by atoms with E-state index in [1.54, 1.807) is 12.1 Å². The first-order chi connectivity index (χ1) is 7.04. The number of rotatable bonds is 5. The standard InChI is InChI=1S/C11H13BrF2O/c1-2-3-8-15-10-6-4-9(5-7-10)11(12,13)14/h4-7H,2-3,8H2,1H3. The summed E-state index contributed by atoms with van der Waals surface area (Å²) in [6, 6.07) is 5.83. The molecule has 1 nitrogen and oxygen atoms in total. The summed E-state index contributed by atoms with van der Waals surface area (Å²) >= 11 is 2.30. The van der Waals surface area contributed by atoms with E-state index in [1.807, 2.05) is 0 Å². The first kappa shape index (κ1) is 12.4. The van der Waals surface area contributed by atoms with Crippen molar-refractivity contribution in [2.45, 2.75) is 24.6 Å². The second kappa shape index (κ2) is 5.45. The second-order valence-electron chi connectivity index (χ2n) is 3.22. The van der Waals surface area contributed by atoms with Gasteiger partial charge >= 0.3 is 4.83 Å². The summed E-state index contributed by atoms with van der Waals surface area (Å²) in [5, 5.41) is 0. The molecule has 84 valence electrons. The van der Waals surface area contributed by atoms with Crippen LogP contribution in [0.4, 0.5) is 8.78 Å². The average Bonchev–Trinajstić information content (AvgIpc) is 2.18. The lowest BCUT2D eigenvalue weighted by Crippen LogP contribution is -2.02. The molecule has 0 saturated heterocycles. The Morgan fingerprint density at radius 2 is 1.87 bits per heavy atom. The number of hydrogen-bond acceptors (Lipinski definition) is 1. The highest BCUT2D eigenvalue weighted by molar-refractivity contribution is 9.09. The third-order valence-electron chi connectivity index (χ3n) is 1.95. The van der Waals surface area contributed by atoms with Gasteiger partial charge < -0.3 is 4.74 Å². The second-order valence-corrected chi connectivity index (χ2v) is 4.22. The minimum atomic E-state index is -2.96. The molecule has 1 aromatic carbocycles. The summed E-state index contributed by atoms with van der Waals surface area (Å²) in [6.45, 7) is 2.69. The van der Waals surface area contributed by atoms with E-state index >= 15 is 0 Å². The van der Waals surface area contributed by atoms with Crippen LogP contribution in [0.25, 0.3) is 0 Å². The molecule has 0 saturated carbocycles. The molecule has 0 atom stereocenters. The number of benzene rings is 1. The molecule has 0 heterocycles. The molecule has 0 aliphatic carbocycles. The molecular formula is C11H13BrF2O. The van der Waals surface area contributed by atoms with E-state index in [0.29, 0.717) is 12.4 Å². The van der Waals surface area contributed by atoms with Gasteiger partial charge in [-0.25, -0.2) is 0 Å². The van der Waals surface area contributed by atoms with E-state index in [-0.39, 0.29) is 5.56 Å². The maximum Gasteiger partial charge on any atom is 0.326 e. The molecular weight excluding hydrogens is 266 g/mol. The fourth-order valence-corrected chi connectivity index (χ4v) is 1.34. The van der Waals surface area contributed by atoms with Gasteiger partial charge in [-0.2, -0.15) is 8.78 Å². The highest BCUT2D eigenvalue weighted by atomic mass is 79.9. The third-order valence-corrected chi connectivity index (χ3v) is 2.41. The zero-order valence-electron chi connectivity index (χ0n) is 8.47. The Balaban J connectivity index is 2.57. The Morgan fingerprint density at radius 3 is 2.33 bits per heavy atom. The molecule has 1 aromatic rings. The van der Waals surface area contributed by atoms with E-state index < -0.39 is 4.83 Å². The first-order valence-corrected chi connectivity index (χ1v) is 5.63. The van der Waals surface area contributed by atoms with Crippen LogP contribution < -0.4 is 4.74 Å². The maximum atomic E-state index is 12.8. The van der Waals surface area contributed by atoms with Crippen molar-refractivity contribution in [3.8, 4) is 5.75 Å². The molecule has 0 N–H and O–H groups in total. The van der Waals surface area contributed by atoms with E-state index in [0.717, 1.165) is 12.8 Å². The number of halogens is 3. The van der Waals surface area contributed by atoms with Crippen molar-refractivity contribution >= 4 is 15.9 Å². The van der Waals surface area contributed by atoms with Crippen molar-refractivity contribution in [2.24, 2.45) is 0 Å². The van der Waals surface area contributed by atoms with Crippen LogP contribution in [0, 0.1) is 0 Å². The van der Waals surface area contributed by atoms with E-state index in [4.69, 9.17) is 4.74 Å². The van der Waals surface area contributed by atoms with Gasteiger partial charge in [0.15, 0.2) is 0 Å². The Labute approximate surface area is 96.6 Å². The van der Waals surface area contributed by atoms with Crippen molar-refractivity contribution < 1.29 is 13.5 Å². The van der Waals surface area contributed by atoms with Crippen LogP contribution in [0.1, 0.15) is 25.3 Å². The van der Waals surface area contributed by atoms with Crippen LogP contribution >= 0.6 is 15.9 Å². The minimum Gasteiger partial charge on any atom is -0.494 e. The monoisotopic (exact) mass is 278 g/mol. The van der Waals surface area contributed by atoms with Gasteiger partial charge in [0, 0.05) is 5.56 Å². The Hall–Kier alpha value is -0.640. The van der Waals surface area contributed by atoms with Crippen LogP contribution in [0.5, 0.6) is 5.75 Å². The molecule has 0 bridgehead atoms. The van der Waals surface area contributed by atoms with Gasteiger partial charge in [-0.1, -0.05) is 13.3 Å². The van der Waals surface area contributed by atoms with Gasteiger partial charge in [0.1, 0.15) is 5.75 Å². The lowest BCUT2D eigenvalue weighted by Gasteiger charge is -2.10. The summed E-state index contributed by atoms with van der Waals surface area (Å²) in [5.74, 6) is 0.629. The van der Waals surface area contributed by atoms with Gasteiger partial charge in [-0.3, -0.25) is 0 Å². The van der Waals surface area contributed by atoms with Crippen molar-refractivity contribution in [3.63, 3.8) is 0 Å². The molecule has 1 rings (SSSR count). The first-order valence-electron chi connectivity index (χ1n) is 4.84. The van der Waals surface area contributed by atoms with E-state index in [1.165, 1.54) is 12.1 Å². The van der Waals surface area contributed by atoms with Crippen molar-refractivity contribution in [3.05, 3.63) is 29.8 Å². The number of ether oxygens (including phenoxy) is 1. The van der Waals surface area contributed by atoms with Crippen LogP contribution in [-0.4, -0.2) is 6.61 Å². The highest BCUT2D eigenvalue weighted by Crippen LogP contribution is 2.35. The summed E-state index contributed by atoms with van der Waals surface area (Å²) in [7, 11) is 0. The number of alkyl halides is 3. The fourth-order valence-electron chi connectivity index (χ4n) is 1.07. The zero-order chi connectivity index (χ0) is 11.3. The summed E-state index contributed by atoms with van der Waals surface area (Å²) in [4.78, 5) is -2.96. The van der Waals surface area contributed by atoms with Crippen LogP contribution in [0.2, 0.25) is 0 Å². The van der Waals surface area contributed by atoms with Gasteiger partial charge in [0.05, 0.1) is 6.61 Å². The van der Waals surface area contributed by atoms with Crippen molar-refractivity contribution in [2.75, 3.05) is 6.61 Å². The number of unbranched alkanes of at least 4 members (excludes halogenated alkanes) is 1. The molecule has 0 aliphatic heterocycles. The zero-order valence-corrected chi connectivity index (χ0v) is 10.1. The number of hydrogen-bond donors (Lipinski definition) is 0. The van der Waals surface area contributed by atoms with Crippen LogP contribution in [0.15, 0.2) is 24.3 Å². The van der Waals surface area contributed by atoms with E-state index in [2.05, 4.69) is 22.9 Å². The van der Waals surface area contributed by atoms with Gasteiger partial charge in [-0.05, 0) is 46.6 Å². The smallest absolute Gasteiger partial charge is 0.326 e. The largest absolute Gasteiger partial charge is 0.494 e. The van der Waals surface area contributed by atoms with Crippen molar-refractivity contribution in [1.82, 2.24) is 0 Å². The lowest BCUT2D eigenvalue weighted by molar-refractivity contribution is 0.114. The summed E-state index contributed by atoms with van der Waals surface area (Å²) < 4.78 is 30.9. The lowest BCUT2D eigenvalue weighted by atomic mass is 10.2. The molecule has 0 unspecified atom stereocenters. The topological polar surface area (TPSA) is 9.23 Å². The molecule has 0 amide bonds. The van der Waals surface area contributed by atoms with Crippen LogP contribution in [-0.2, 0) is 4.83 Å². The minimum absolute atomic E-state index is 0.0645. The summed E-state index contributed by atoms with van der Waals surface area (Å²) in [5.41, 5.74) is -0.0645. The van der Waals surface area contributed by atoms with Gasteiger partial charge in [0.2, 0.25) is 0 Å². The Morgan fingerprint density at radius 1 is 1.27 bits per heavy atom. The fraction of sp³-hybridized carbons (Fsp3) is 0.455. The molecule has 15 heavy (non-hydrogen) atoms. The SMILES string of the molecule is CCCCOc1ccc(C(F)(F)Br)cc1. The Kier molecular flexibility index (Phi) is 4.51. The molecule has 0 aliphatic rings. The van der Waals surface area contributed by atoms with Gasteiger partial charge in [0.25, 0.3) is 0 Å². The molecule has 0 aromatic heterocycles. The third kappa shape index (κ3) is 4.16. The predicted molar refractivity (Wildman–Crippen MR) is 59.7 cm³/mol. The molecule has 0 fully saturated rings. The van der Waals surface area contributed by atoms with Crippen molar-refractivity contribution in [1.29, 1.82) is 0 Å². The molecule has 0 radical (unpaired) electrons.